The van der Waals surface area contributed by atoms with E-state index in [9.17, 15) is 10.4 Å². The molecule has 3 N–H and O–H groups in total. The number of nitrogens with one attached hydrogen (secondary N) is 2. The van der Waals surface area contributed by atoms with Crippen molar-refractivity contribution in [1.82, 2.24) is 0 Å². The van der Waals surface area contributed by atoms with Gasteiger partial charge < -0.3 is 10.5 Å². The SMILES string of the molecule is Cc1ccc(Nc2sc(C)cc2C#N)c([NH+]([O-])O)c1. The minimum atomic E-state index is -0.988. The molecule has 0 saturated heterocycles. The summed E-state index contributed by atoms with van der Waals surface area (Å²) in [4.78, 5) is 1.00. The lowest BCUT2D eigenvalue weighted by atomic mass is 10.2. The lowest BCUT2D eigenvalue weighted by Crippen LogP contribution is -2.99. The smallest absolute Gasteiger partial charge is 0.187 e. The number of thiophene rings is 1. The van der Waals surface area contributed by atoms with Crippen LogP contribution >= 0.6 is 11.3 Å². The highest BCUT2D eigenvalue weighted by Crippen LogP contribution is 2.32. The third-order valence-electron chi connectivity index (χ3n) is 2.63. The van der Waals surface area contributed by atoms with E-state index in [2.05, 4.69) is 11.4 Å². The lowest BCUT2D eigenvalue weighted by Gasteiger charge is -2.16. The molecule has 0 fully saturated rings. The van der Waals surface area contributed by atoms with E-state index in [1.807, 2.05) is 19.9 Å². The van der Waals surface area contributed by atoms with E-state index in [1.165, 1.54) is 11.3 Å². The largest absolute Gasteiger partial charge is 0.595 e. The minimum absolute atomic E-state index is 0.204. The van der Waals surface area contributed by atoms with Gasteiger partial charge in [0.15, 0.2) is 5.69 Å². The molecule has 5 nitrogen and oxygen atoms in total. The molecule has 2 rings (SSSR count). The second-order valence-electron chi connectivity index (χ2n) is 4.19. The summed E-state index contributed by atoms with van der Waals surface area (Å²) in [6, 6.07) is 9.04. The molecule has 19 heavy (non-hydrogen) atoms. The van der Waals surface area contributed by atoms with Crippen LogP contribution in [0.1, 0.15) is 16.0 Å². The van der Waals surface area contributed by atoms with Crippen molar-refractivity contribution in [3.8, 4) is 6.07 Å². The number of nitriles is 1. The number of aryl methyl sites for hydroxylation is 2. The standard InChI is InChI=1S/C13H13N3O2S/c1-8-3-4-11(12(5-8)16(17)18)15-13-10(7-14)6-9(2)19-13/h3-6,15-17H,1-2H3. The first kappa shape index (κ1) is 13.5. The Bertz CT molecular complexity index is 644. The number of benzene rings is 1. The highest BCUT2D eigenvalue weighted by atomic mass is 32.1. The molecule has 0 aliphatic heterocycles. The summed E-state index contributed by atoms with van der Waals surface area (Å²) in [5, 5.41) is 32.2. The van der Waals surface area contributed by atoms with Crippen LogP contribution in [0.4, 0.5) is 16.4 Å². The predicted octanol–water partition coefficient (Wildman–Crippen LogP) is 2.38. The quantitative estimate of drug-likeness (QED) is 0.751. The topological polar surface area (TPSA) is 83.5 Å². The van der Waals surface area contributed by atoms with Crippen LogP contribution in [0.3, 0.4) is 0 Å². The second kappa shape index (κ2) is 5.38. The Hall–Kier alpha value is -1.91. The van der Waals surface area contributed by atoms with E-state index >= 15 is 0 Å². The maximum atomic E-state index is 11.2. The van der Waals surface area contributed by atoms with E-state index in [4.69, 9.17) is 5.26 Å². The number of hydrogen-bond acceptors (Lipinski definition) is 5. The first-order valence-electron chi connectivity index (χ1n) is 5.62. The lowest BCUT2D eigenvalue weighted by molar-refractivity contribution is -0.990. The van der Waals surface area contributed by atoms with Crippen LogP contribution in [0.25, 0.3) is 0 Å². The van der Waals surface area contributed by atoms with Gasteiger partial charge in [-0.1, -0.05) is 6.07 Å². The fourth-order valence-electron chi connectivity index (χ4n) is 1.76. The van der Waals surface area contributed by atoms with Crippen LogP contribution in [0.5, 0.6) is 0 Å². The third kappa shape index (κ3) is 2.92. The zero-order valence-electron chi connectivity index (χ0n) is 10.5. The number of rotatable bonds is 3. The van der Waals surface area contributed by atoms with E-state index in [0.29, 0.717) is 16.3 Å². The van der Waals surface area contributed by atoms with Crippen LogP contribution in [0.15, 0.2) is 24.3 Å². The molecule has 1 aromatic heterocycles. The molecule has 98 valence electrons. The van der Waals surface area contributed by atoms with Gasteiger partial charge in [-0.25, -0.2) is 5.21 Å². The van der Waals surface area contributed by atoms with Gasteiger partial charge in [0.05, 0.1) is 5.56 Å². The highest BCUT2D eigenvalue weighted by Gasteiger charge is 2.13. The molecule has 0 aliphatic rings. The average Bonchev–Trinajstić information content (AvgIpc) is 2.71. The average molecular weight is 275 g/mol. The number of hydrogen-bond donors (Lipinski definition) is 3. The van der Waals surface area contributed by atoms with Crippen LogP contribution < -0.4 is 10.5 Å². The zero-order chi connectivity index (χ0) is 14.0. The van der Waals surface area contributed by atoms with Gasteiger partial charge in [0.1, 0.15) is 16.8 Å². The van der Waals surface area contributed by atoms with Gasteiger partial charge in [-0.15, -0.1) is 11.3 Å². The van der Waals surface area contributed by atoms with E-state index in [-0.39, 0.29) is 5.69 Å². The van der Waals surface area contributed by atoms with E-state index in [1.54, 1.807) is 18.2 Å². The van der Waals surface area contributed by atoms with Gasteiger partial charge in [-0.3, -0.25) is 0 Å². The van der Waals surface area contributed by atoms with Crippen LogP contribution in [-0.2, 0) is 0 Å². The molecule has 1 aromatic carbocycles. The number of anilines is 2. The summed E-state index contributed by atoms with van der Waals surface area (Å²) in [6.07, 6.45) is 0. The van der Waals surface area contributed by atoms with Gasteiger partial charge in [-0.05, 0) is 31.5 Å². The summed E-state index contributed by atoms with van der Waals surface area (Å²) in [5.74, 6) is 0. The molecular weight excluding hydrogens is 262 g/mol. The Balaban J connectivity index is 2.41. The maximum Gasteiger partial charge on any atom is 0.187 e. The molecule has 1 unspecified atom stereocenters. The molecule has 0 saturated carbocycles. The van der Waals surface area contributed by atoms with E-state index in [0.717, 1.165) is 10.4 Å². The number of quaternary nitrogens is 1. The van der Waals surface area contributed by atoms with Crippen molar-refractivity contribution in [2.45, 2.75) is 13.8 Å². The minimum Gasteiger partial charge on any atom is -0.595 e. The van der Waals surface area contributed by atoms with Crippen molar-refractivity contribution in [2.24, 2.45) is 0 Å². The second-order valence-corrected chi connectivity index (χ2v) is 5.45. The van der Waals surface area contributed by atoms with Crippen molar-refractivity contribution in [3.63, 3.8) is 0 Å². The molecule has 1 heterocycles. The molecule has 0 bridgehead atoms. The fraction of sp³-hybridized carbons (Fsp3) is 0.154. The van der Waals surface area contributed by atoms with Crippen molar-refractivity contribution < 1.29 is 10.4 Å². The van der Waals surface area contributed by atoms with Gasteiger partial charge in [0, 0.05) is 10.9 Å². The third-order valence-corrected chi connectivity index (χ3v) is 3.60. The van der Waals surface area contributed by atoms with Gasteiger partial charge in [-0.2, -0.15) is 10.5 Å². The highest BCUT2D eigenvalue weighted by molar-refractivity contribution is 7.16. The molecule has 0 spiro atoms. The first-order valence-corrected chi connectivity index (χ1v) is 6.44. The maximum absolute atomic E-state index is 11.2. The molecule has 0 aliphatic carbocycles. The first-order chi connectivity index (χ1) is 9.01. The fourth-order valence-corrected chi connectivity index (χ4v) is 2.63. The molecule has 1 atom stereocenters. The molecular formula is C13H13N3O2S. The van der Waals surface area contributed by atoms with Crippen LogP contribution in [-0.4, -0.2) is 5.21 Å². The van der Waals surface area contributed by atoms with Crippen molar-refractivity contribution in [2.75, 3.05) is 5.32 Å². The monoisotopic (exact) mass is 275 g/mol. The normalized spacial score (nSPS) is 11.9. The van der Waals surface area contributed by atoms with Crippen LogP contribution in [0, 0.1) is 30.4 Å². The molecule has 0 radical (unpaired) electrons. The summed E-state index contributed by atoms with van der Waals surface area (Å²) >= 11 is 1.43. The Morgan fingerprint density at radius 1 is 1.37 bits per heavy atom. The predicted molar refractivity (Wildman–Crippen MR) is 74.0 cm³/mol. The molecule has 6 heteroatoms. The summed E-state index contributed by atoms with van der Waals surface area (Å²) in [5.41, 5.74) is 2.11. The van der Waals surface area contributed by atoms with Gasteiger partial charge >= 0.3 is 0 Å². The Kier molecular flexibility index (Phi) is 3.83. The van der Waals surface area contributed by atoms with Gasteiger partial charge in [0.25, 0.3) is 0 Å². The Labute approximate surface area is 114 Å². The molecule has 0 amide bonds. The summed E-state index contributed by atoms with van der Waals surface area (Å²) in [7, 11) is 0. The zero-order valence-corrected chi connectivity index (χ0v) is 11.3. The Morgan fingerprint density at radius 2 is 2.11 bits per heavy atom. The molecule has 2 aromatic rings. The van der Waals surface area contributed by atoms with Crippen molar-refractivity contribution in [1.29, 1.82) is 5.26 Å². The number of nitrogens with zero attached hydrogens (tertiary/aromatic N) is 1. The van der Waals surface area contributed by atoms with Crippen LogP contribution in [0.2, 0.25) is 0 Å². The summed E-state index contributed by atoms with van der Waals surface area (Å²) in [6.45, 7) is 3.75. The van der Waals surface area contributed by atoms with Crippen molar-refractivity contribution in [3.05, 3.63) is 45.5 Å². The summed E-state index contributed by atoms with van der Waals surface area (Å²) < 4.78 is 0. The Morgan fingerprint density at radius 3 is 2.74 bits per heavy atom. The van der Waals surface area contributed by atoms with Crippen molar-refractivity contribution >= 4 is 27.7 Å². The van der Waals surface area contributed by atoms with Gasteiger partial charge in [0.2, 0.25) is 0 Å². The van der Waals surface area contributed by atoms with E-state index < -0.39 is 5.23 Å².